The first kappa shape index (κ1) is 10.2. The topological polar surface area (TPSA) is 41.5 Å². The maximum atomic E-state index is 12.9. The van der Waals surface area contributed by atoms with Crippen LogP contribution in [0.2, 0.25) is 0 Å². The van der Waals surface area contributed by atoms with Gasteiger partial charge >= 0.3 is 0 Å². The highest BCUT2D eigenvalue weighted by molar-refractivity contribution is 5.82. The molecule has 0 bridgehead atoms. The van der Waals surface area contributed by atoms with Gasteiger partial charge in [-0.1, -0.05) is 20.8 Å². The van der Waals surface area contributed by atoms with E-state index >= 15 is 0 Å². The molecule has 4 heteroatoms. The molecule has 1 aliphatic rings. The molecular formula is C9H15FN2O. The third-order valence-corrected chi connectivity index (χ3v) is 1.87. The quantitative estimate of drug-likeness (QED) is 0.517. The molecule has 1 saturated carbocycles. The minimum Gasteiger partial charge on any atom is -0.273 e. The second-order valence-electron chi connectivity index (χ2n) is 4.48. The van der Waals surface area contributed by atoms with Gasteiger partial charge in [-0.2, -0.15) is 5.10 Å². The molecule has 0 aliphatic heterocycles. The molecule has 0 spiro atoms. The third kappa shape index (κ3) is 3.13. The predicted octanol–water partition coefficient (Wildman–Crippen LogP) is 1.64. The lowest BCUT2D eigenvalue weighted by molar-refractivity contribution is -0.128. The van der Waals surface area contributed by atoms with Crippen LogP contribution in [0.4, 0.5) is 4.39 Å². The standard InChI is InChI=1S/C9H15FN2O/c1-8(2,3)7(13)12-11-6-9(10)4-5-9/h6H,4-5H2,1-3H3,(H,12,13)/b11-6+. The molecular weight excluding hydrogens is 171 g/mol. The highest BCUT2D eigenvalue weighted by Crippen LogP contribution is 2.37. The number of halogens is 1. The van der Waals surface area contributed by atoms with Gasteiger partial charge in [-0.25, -0.2) is 9.82 Å². The van der Waals surface area contributed by atoms with Crippen LogP contribution < -0.4 is 5.43 Å². The molecule has 0 heterocycles. The summed E-state index contributed by atoms with van der Waals surface area (Å²) in [7, 11) is 0. The fraction of sp³-hybridized carbons (Fsp3) is 0.778. The van der Waals surface area contributed by atoms with Gasteiger partial charge in [0, 0.05) is 5.41 Å². The number of alkyl halides is 1. The number of amides is 1. The van der Waals surface area contributed by atoms with Crippen molar-refractivity contribution in [3.63, 3.8) is 0 Å². The van der Waals surface area contributed by atoms with E-state index in [1.54, 1.807) is 20.8 Å². The lowest BCUT2D eigenvalue weighted by Crippen LogP contribution is -2.31. The van der Waals surface area contributed by atoms with Crippen molar-refractivity contribution >= 4 is 12.1 Å². The zero-order valence-corrected chi connectivity index (χ0v) is 8.22. The predicted molar refractivity (Wildman–Crippen MR) is 49.2 cm³/mol. The van der Waals surface area contributed by atoms with Gasteiger partial charge < -0.3 is 0 Å². The number of nitrogens with zero attached hydrogens (tertiary/aromatic N) is 1. The fourth-order valence-corrected chi connectivity index (χ4v) is 0.623. The summed E-state index contributed by atoms with van der Waals surface area (Å²) in [5, 5.41) is 3.57. The van der Waals surface area contributed by atoms with Crippen molar-refractivity contribution in [1.82, 2.24) is 5.43 Å². The number of carbonyl (C=O) groups is 1. The van der Waals surface area contributed by atoms with Gasteiger partial charge in [-0.05, 0) is 12.8 Å². The van der Waals surface area contributed by atoms with Crippen molar-refractivity contribution in [1.29, 1.82) is 0 Å². The molecule has 3 nitrogen and oxygen atoms in total. The van der Waals surface area contributed by atoms with Crippen LogP contribution in [0.3, 0.4) is 0 Å². The summed E-state index contributed by atoms with van der Waals surface area (Å²) in [4.78, 5) is 11.2. The minimum atomic E-state index is -1.24. The highest BCUT2D eigenvalue weighted by Gasteiger charge is 2.41. The first-order chi connectivity index (χ1) is 5.83. The Kier molecular flexibility index (Phi) is 2.41. The van der Waals surface area contributed by atoms with Crippen LogP contribution in [0.25, 0.3) is 0 Å². The molecule has 0 unspecified atom stereocenters. The molecule has 74 valence electrons. The third-order valence-electron chi connectivity index (χ3n) is 1.87. The SMILES string of the molecule is CC(C)(C)C(=O)N/N=C/C1(F)CC1. The smallest absolute Gasteiger partial charge is 0.245 e. The molecule has 13 heavy (non-hydrogen) atoms. The summed E-state index contributed by atoms with van der Waals surface area (Å²) in [6.07, 6.45) is 2.21. The molecule has 1 aliphatic carbocycles. The van der Waals surface area contributed by atoms with Gasteiger partial charge in [0.2, 0.25) is 5.91 Å². The Morgan fingerprint density at radius 1 is 1.54 bits per heavy atom. The molecule has 1 N–H and O–H groups in total. The lowest BCUT2D eigenvalue weighted by atomic mass is 9.96. The van der Waals surface area contributed by atoms with Crippen LogP contribution >= 0.6 is 0 Å². The summed E-state index contributed by atoms with van der Waals surface area (Å²) in [5.74, 6) is -0.201. The Labute approximate surface area is 77.4 Å². The Morgan fingerprint density at radius 3 is 2.46 bits per heavy atom. The second kappa shape index (κ2) is 3.09. The summed E-state index contributed by atoms with van der Waals surface area (Å²) >= 11 is 0. The number of hydrogen-bond donors (Lipinski definition) is 1. The summed E-state index contributed by atoms with van der Waals surface area (Å²) < 4.78 is 12.9. The molecule has 1 rings (SSSR count). The summed E-state index contributed by atoms with van der Waals surface area (Å²) in [6, 6.07) is 0. The molecule has 0 saturated heterocycles. The minimum absolute atomic E-state index is 0.201. The number of nitrogens with one attached hydrogen (secondary N) is 1. The molecule has 0 atom stereocenters. The molecule has 0 aromatic rings. The average molecular weight is 186 g/mol. The zero-order valence-electron chi connectivity index (χ0n) is 8.22. The summed E-state index contributed by atoms with van der Waals surface area (Å²) in [5.41, 5.74) is 0.583. The van der Waals surface area contributed by atoms with E-state index in [1.807, 2.05) is 0 Å². The van der Waals surface area contributed by atoms with E-state index in [1.165, 1.54) is 6.21 Å². The van der Waals surface area contributed by atoms with E-state index < -0.39 is 11.1 Å². The van der Waals surface area contributed by atoms with Crippen molar-refractivity contribution in [3.05, 3.63) is 0 Å². The van der Waals surface area contributed by atoms with E-state index in [4.69, 9.17) is 0 Å². The number of hydrogen-bond acceptors (Lipinski definition) is 2. The van der Waals surface area contributed by atoms with Gasteiger partial charge in [0.15, 0.2) is 0 Å². The number of carbonyl (C=O) groups excluding carboxylic acids is 1. The van der Waals surface area contributed by atoms with Crippen LogP contribution in [0.5, 0.6) is 0 Å². The van der Waals surface area contributed by atoms with Crippen LogP contribution in [0, 0.1) is 5.41 Å². The molecule has 0 aromatic carbocycles. The summed E-state index contributed by atoms with van der Waals surface area (Å²) in [6.45, 7) is 5.33. The van der Waals surface area contributed by atoms with Crippen molar-refractivity contribution in [3.8, 4) is 0 Å². The van der Waals surface area contributed by atoms with Gasteiger partial charge in [0.25, 0.3) is 0 Å². The van der Waals surface area contributed by atoms with Crippen molar-refractivity contribution in [2.24, 2.45) is 10.5 Å². The van der Waals surface area contributed by atoms with E-state index in [0.29, 0.717) is 12.8 Å². The number of rotatable bonds is 2. The normalized spacial score (nSPS) is 20.3. The zero-order chi connectivity index (χ0) is 10.1. The van der Waals surface area contributed by atoms with E-state index in [0.717, 1.165) is 0 Å². The Balaban J connectivity index is 2.34. The van der Waals surface area contributed by atoms with Gasteiger partial charge in [-0.3, -0.25) is 4.79 Å². The molecule has 0 radical (unpaired) electrons. The van der Waals surface area contributed by atoms with Crippen LogP contribution in [-0.4, -0.2) is 17.8 Å². The van der Waals surface area contributed by atoms with E-state index in [2.05, 4.69) is 10.5 Å². The molecule has 0 aromatic heterocycles. The largest absolute Gasteiger partial charge is 0.273 e. The van der Waals surface area contributed by atoms with Gasteiger partial charge in [0.1, 0.15) is 5.67 Å². The van der Waals surface area contributed by atoms with Crippen molar-refractivity contribution < 1.29 is 9.18 Å². The maximum absolute atomic E-state index is 12.9. The van der Waals surface area contributed by atoms with E-state index in [-0.39, 0.29) is 5.91 Å². The van der Waals surface area contributed by atoms with Crippen molar-refractivity contribution in [2.75, 3.05) is 0 Å². The Morgan fingerprint density at radius 2 is 2.08 bits per heavy atom. The van der Waals surface area contributed by atoms with E-state index in [9.17, 15) is 9.18 Å². The molecule has 1 amide bonds. The first-order valence-corrected chi connectivity index (χ1v) is 4.37. The Bertz CT molecular complexity index is 238. The monoisotopic (exact) mass is 186 g/mol. The highest BCUT2D eigenvalue weighted by atomic mass is 19.1. The first-order valence-electron chi connectivity index (χ1n) is 4.37. The molecule has 1 fully saturated rings. The van der Waals surface area contributed by atoms with Gasteiger partial charge in [-0.15, -0.1) is 0 Å². The maximum Gasteiger partial charge on any atom is 0.245 e. The van der Waals surface area contributed by atoms with Crippen molar-refractivity contribution in [2.45, 2.75) is 39.3 Å². The lowest BCUT2D eigenvalue weighted by Gasteiger charge is -2.14. The van der Waals surface area contributed by atoms with Crippen LogP contribution in [0.15, 0.2) is 5.10 Å². The van der Waals surface area contributed by atoms with Gasteiger partial charge in [0.05, 0.1) is 6.21 Å². The van der Waals surface area contributed by atoms with Crippen LogP contribution in [0.1, 0.15) is 33.6 Å². The average Bonchev–Trinajstić information content (AvgIpc) is 2.66. The second-order valence-corrected chi connectivity index (χ2v) is 4.48. The van der Waals surface area contributed by atoms with Crippen LogP contribution in [-0.2, 0) is 4.79 Å². The Hall–Kier alpha value is -0.930. The fourth-order valence-electron chi connectivity index (χ4n) is 0.623. The number of hydrazone groups is 1.